The molecule has 0 saturated carbocycles. The number of anilines is 2. The topological polar surface area (TPSA) is 86.8 Å². The average Bonchev–Trinajstić information content (AvgIpc) is 3.17. The van der Waals surface area contributed by atoms with E-state index in [4.69, 9.17) is 0 Å². The molecule has 2 aromatic rings. The number of halogens is 1. The van der Waals surface area contributed by atoms with Gasteiger partial charge in [0.25, 0.3) is 0 Å². The Morgan fingerprint density at radius 1 is 1.06 bits per heavy atom. The van der Waals surface area contributed by atoms with Crippen LogP contribution in [0.4, 0.5) is 15.8 Å². The number of hydrogen-bond acceptors (Lipinski definition) is 4. The first-order valence-corrected chi connectivity index (χ1v) is 12.2. The number of nitrogens with one attached hydrogen (secondary N) is 1. The molecule has 2 aliphatic rings. The van der Waals surface area contributed by atoms with Gasteiger partial charge in [-0.1, -0.05) is 19.1 Å². The van der Waals surface area contributed by atoms with Gasteiger partial charge >= 0.3 is 0 Å². The maximum absolute atomic E-state index is 13.8. The molecule has 7 nitrogen and oxygen atoms in total. The number of para-hydroxylation sites is 1. The van der Waals surface area contributed by atoms with Gasteiger partial charge in [0, 0.05) is 31.7 Å². The normalized spacial score (nSPS) is 20.5. The molecular formula is C23H26FN3O4S. The van der Waals surface area contributed by atoms with E-state index in [1.807, 2.05) is 0 Å². The van der Waals surface area contributed by atoms with E-state index in [2.05, 4.69) is 12.2 Å². The van der Waals surface area contributed by atoms with E-state index in [9.17, 15) is 22.4 Å². The first-order chi connectivity index (χ1) is 15.3. The lowest BCUT2D eigenvalue weighted by Crippen LogP contribution is -2.37. The lowest BCUT2D eigenvalue weighted by atomic mass is 10.0. The molecule has 2 amide bonds. The van der Waals surface area contributed by atoms with E-state index in [0.29, 0.717) is 24.7 Å². The molecule has 9 heteroatoms. The number of carbonyl (C=O) groups excluding carboxylic acids is 2. The minimum Gasteiger partial charge on any atom is -0.323 e. The van der Waals surface area contributed by atoms with Crippen molar-refractivity contribution in [3.05, 3.63) is 54.3 Å². The molecule has 2 heterocycles. The second-order valence-corrected chi connectivity index (χ2v) is 10.4. The summed E-state index contributed by atoms with van der Waals surface area (Å²) in [6.45, 7) is 3.29. The van der Waals surface area contributed by atoms with Crippen LogP contribution in [0.3, 0.4) is 0 Å². The number of nitrogens with zero attached hydrogens (tertiary/aromatic N) is 2. The number of rotatable bonds is 5. The van der Waals surface area contributed by atoms with Crippen LogP contribution in [0.2, 0.25) is 0 Å². The second-order valence-electron chi connectivity index (χ2n) is 8.45. The maximum Gasteiger partial charge on any atom is 0.243 e. The molecule has 0 bridgehead atoms. The van der Waals surface area contributed by atoms with Gasteiger partial charge in [0.2, 0.25) is 21.8 Å². The number of benzene rings is 2. The van der Waals surface area contributed by atoms with Crippen molar-refractivity contribution < 1.29 is 22.4 Å². The highest BCUT2D eigenvalue weighted by Gasteiger charge is 2.36. The summed E-state index contributed by atoms with van der Waals surface area (Å²) in [6, 6.07) is 12.0. The largest absolute Gasteiger partial charge is 0.323 e. The van der Waals surface area contributed by atoms with Crippen LogP contribution < -0.4 is 10.2 Å². The molecule has 170 valence electrons. The number of hydrogen-bond donors (Lipinski definition) is 1. The molecule has 1 atom stereocenters. The molecule has 0 radical (unpaired) electrons. The molecule has 0 aliphatic carbocycles. The standard InChI is InChI=1S/C23H26FN3O4S/c1-16-10-12-26(13-11-16)32(30,31)19-8-6-18(7-9-19)27-15-17(14-22(27)28)23(29)25-21-5-3-2-4-20(21)24/h2-9,16-17H,10-15H2,1H3,(H,25,29). The first-order valence-electron chi connectivity index (χ1n) is 10.7. The fourth-order valence-electron chi connectivity index (χ4n) is 4.10. The van der Waals surface area contributed by atoms with E-state index in [-0.39, 0.29) is 29.5 Å². The number of carbonyl (C=O) groups is 2. The molecular weight excluding hydrogens is 433 g/mol. The van der Waals surface area contributed by atoms with E-state index in [1.165, 1.54) is 39.5 Å². The van der Waals surface area contributed by atoms with E-state index >= 15 is 0 Å². The molecule has 32 heavy (non-hydrogen) atoms. The van der Waals surface area contributed by atoms with Crippen molar-refractivity contribution >= 4 is 33.2 Å². The summed E-state index contributed by atoms with van der Waals surface area (Å²) in [6.07, 6.45) is 1.69. The zero-order chi connectivity index (χ0) is 22.9. The molecule has 4 rings (SSSR count). The third kappa shape index (κ3) is 4.54. The van der Waals surface area contributed by atoms with Crippen LogP contribution in [0.15, 0.2) is 53.4 Å². The van der Waals surface area contributed by atoms with Gasteiger partial charge in [-0.25, -0.2) is 12.8 Å². The van der Waals surface area contributed by atoms with Crippen molar-refractivity contribution in [2.45, 2.75) is 31.1 Å². The predicted octanol–water partition coefficient (Wildman–Crippen LogP) is 3.24. The summed E-state index contributed by atoms with van der Waals surface area (Å²) in [4.78, 5) is 26.7. The predicted molar refractivity (Wildman–Crippen MR) is 119 cm³/mol. The summed E-state index contributed by atoms with van der Waals surface area (Å²) in [5, 5.41) is 2.54. The fraction of sp³-hybridized carbons (Fsp3) is 0.391. The fourth-order valence-corrected chi connectivity index (χ4v) is 5.57. The van der Waals surface area contributed by atoms with Crippen molar-refractivity contribution in [2.75, 3.05) is 29.9 Å². The van der Waals surface area contributed by atoms with Gasteiger partial charge in [0.05, 0.1) is 16.5 Å². The van der Waals surface area contributed by atoms with Gasteiger partial charge in [-0.05, 0) is 55.2 Å². The van der Waals surface area contributed by atoms with Crippen molar-refractivity contribution in [3.63, 3.8) is 0 Å². The number of amides is 2. The molecule has 2 aliphatic heterocycles. The maximum atomic E-state index is 13.8. The van der Waals surface area contributed by atoms with Gasteiger partial charge in [-0.3, -0.25) is 9.59 Å². The summed E-state index contributed by atoms with van der Waals surface area (Å²) >= 11 is 0. The Balaban J connectivity index is 1.43. The molecule has 1 N–H and O–H groups in total. The van der Waals surface area contributed by atoms with Crippen molar-refractivity contribution in [1.82, 2.24) is 4.31 Å². The van der Waals surface area contributed by atoms with Crippen LogP contribution >= 0.6 is 0 Å². The van der Waals surface area contributed by atoms with Crippen molar-refractivity contribution in [3.8, 4) is 0 Å². The molecule has 2 saturated heterocycles. The van der Waals surface area contributed by atoms with E-state index in [1.54, 1.807) is 18.2 Å². The van der Waals surface area contributed by atoms with Gasteiger partial charge in [-0.2, -0.15) is 4.31 Å². The zero-order valence-corrected chi connectivity index (χ0v) is 18.6. The Labute approximate surface area is 187 Å². The SMILES string of the molecule is CC1CCN(S(=O)(=O)c2ccc(N3CC(C(=O)Nc4ccccc4F)CC3=O)cc2)CC1. The minimum atomic E-state index is -3.57. The van der Waals surface area contributed by atoms with Gasteiger partial charge in [-0.15, -0.1) is 0 Å². The molecule has 0 aromatic heterocycles. The Morgan fingerprint density at radius 2 is 1.72 bits per heavy atom. The molecule has 2 fully saturated rings. The van der Waals surface area contributed by atoms with Crippen LogP contribution in [0, 0.1) is 17.7 Å². The van der Waals surface area contributed by atoms with Gasteiger partial charge < -0.3 is 10.2 Å². The molecule has 0 spiro atoms. The highest BCUT2D eigenvalue weighted by Crippen LogP contribution is 2.29. The first kappa shape index (κ1) is 22.4. The van der Waals surface area contributed by atoms with Gasteiger partial charge in [0.15, 0.2) is 0 Å². The number of piperidine rings is 1. The Hall–Kier alpha value is -2.78. The summed E-state index contributed by atoms with van der Waals surface area (Å²) in [7, 11) is -3.57. The van der Waals surface area contributed by atoms with Crippen molar-refractivity contribution in [2.24, 2.45) is 11.8 Å². The highest BCUT2D eigenvalue weighted by atomic mass is 32.2. The molecule has 2 aromatic carbocycles. The lowest BCUT2D eigenvalue weighted by Gasteiger charge is -2.29. The minimum absolute atomic E-state index is 0.00625. The monoisotopic (exact) mass is 459 g/mol. The van der Waals surface area contributed by atoms with Crippen molar-refractivity contribution in [1.29, 1.82) is 0 Å². The smallest absolute Gasteiger partial charge is 0.243 e. The Kier molecular flexibility index (Phi) is 6.30. The van der Waals surface area contributed by atoms with Crippen LogP contribution in [0.1, 0.15) is 26.2 Å². The van der Waals surface area contributed by atoms with E-state index < -0.39 is 27.7 Å². The van der Waals surface area contributed by atoms with Crippen LogP contribution in [0.25, 0.3) is 0 Å². The summed E-state index contributed by atoms with van der Waals surface area (Å²) in [5.74, 6) is -1.31. The van der Waals surface area contributed by atoms with Gasteiger partial charge in [0.1, 0.15) is 5.82 Å². The third-order valence-corrected chi connectivity index (χ3v) is 8.07. The third-order valence-electron chi connectivity index (χ3n) is 6.16. The number of sulfonamides is 1. The van der Waals surface area contributed by atoms with Crippen LogP contribution in [0.5, 0.6) is 0 Å². The summed E-state index contributed by atoms with van der Waals surface area (Å²) in [5.41, 5.74) is 0.604. The van der Waals surface area contributed by atoms with Crippen LogP contribution in [-0.2, 0) is 19.6 Å². The second kappa shape index (κ2) is 8.99. The average molecular weight is 460 g/mol. The Bertz CT molecular complexity index is 1110. The molecule has 1 unspecified atom stereocenters. The Morgan fingerprint density at radius 3 is 2.38 bits per heavy atom. The lowest BCUT2D eigenvalue weighted by molar-refractivity contribution is -0.122. The zero-order valence-electron chi connectivity index (χ0n) is 17.8. The quantitative estimate of drug-likeness (QED) is 0.744. The van der Waals surface area contributed by atoms with E-state index in [0.717, 1.165) is 12.8 Å². The van der Waals surface area contributed by atoms with Crippen LogP contribution in [-0.4, -0.2) is 44.2 Å². The summed E-state index contributed by atoms with van der Waals surface area (Å²) < 4.78 is 41.1. The highest BCUT2D eigenvalue weighted by molar-refractivity contribution is 7.89.